The normalized spacial score (nSPS) is 25.9. The molecular formula is C18H27NO. The Hall–Kier alpha value is -1.02. The predicted molar refractivity (Wildman–Crippen MR) is 83.6 cm³/mol. The van der Waals surface area contributed by atoms with Crippen molar-refractivity contribution in [2.24, 2.45) is 0 Å². The number of methoxy groups -OCH3 is 1. The SMILES string of the molecule is CCCCN1CCCC2c3cc(OC)ccc3CCC21. The molecule has 1 fully saturated rings. The van der Waals surface area contributed by atoms with Crippen molar-refractivity contribution < 1.29 is 4.74 Å². The van der Waals surface area contributed by atoms with Crippen molar-refractivity contribution in [2.75, 3.05) is 20.2 Å². The molecule has 1 saturated heterocycles. The maximum absolute atomic E-state index is 5.44. The molecule has 0 saturated carbocycles. The first-order chi connectivity index (χ1) is 9.83. The number of benzene rings is 1. The second-order valence-electron chi connectivity index (χ2n) is 6.31. The molecular weight excluding hydrogens is 246 g/mol. The van der Waals surface area contributed by atoms with E-state index >= 15 is 0 Å². The molecule has 0 N–H and O–H groups in total. The Kier molecular flexibility index (Phi) is 4.30. The number of hydrogen-bond acceptors (Lipinski definition) is 2. The summed E-state index contributed by atoms with van der Waals surface area (Å²) in [6.45, 7) is 4.89. The molecule has 0 radical (unpaired) electrons. The van der Waals surface area contributed by atoms with Crippen LogP contribution in [0.3, 0.4) is 0 Å². The van der Waals surface area contributed by atoms with Crippen molar-refractivity contribution >= 4 is 0 Å². The minimum atomic E-state index is 0.736. The molecule has 2 nitrogen and oxygen atoms in total. The second-order valence-corrected chi connectivity index (χ2v) is 6.31. The lowest BCUT2D eigenvalue weighted by Crippen LogP contribution is -2.46. The third-order valence-corrected chi connectivity index (χ3v) is 5.15. The van der Waals surface area contributed by atoms with Crippen molar-refractivity contribution in [1.82, 2.24) is 4.90 Å². The monoisotopic (exact) mass is 273 g/mol. The maximum atomic E-state index is 5.44. The largest absolute Gasteiger partial charge is 0.497 e. The number of ether oxygens (including phenoxy) is 1. The molecule has 0 amide bonds. The van der Waals surface area contributed by atoms with Crippen molar-refractivity contribution in [3.8, 4) is 5.75 Å². The quantitative estimate of drug-likeness (QED) is 0.822. The zero-order valence-corrected chi connectivity index (χ0v) is 12.9. The van der Waals surface area contributed by atoms with Crippen molar-refractivity contribution in [3.05, 3.63) is 29.3 Å². The van der Waals surface area contributed by atoms with Gasteiger partial charge in [0, 0.05) is 6.04 Å². The highest BCUT2D eigenvalue weighted by atomic mass is 16.5. The van der Waals surface area contributed by atoms with Crippen LogP contribution in [-0.4, -0.2) is 31.1 Å². The number of aryl methyl sites for hydroxylation is 1. The Labute approximate surface area is 123 Å². The molecule has 2 atom stereocenters. The van der Waals surface area contributed by atoms with Gasteiger partial charge >= 0.3 is 0 Å². The summed E-state index contributed by atoms with van der Waals surface area (Å²) in [5, 5.41) is 0. The molecule has 1 aliphatic heterocycles. The summed E-state index contributed by atoms with van der Waals surface area (Å²) >= 11 is 0. The lowest BCUT2D eigenvalue weighted by Gasteiger charge is -2.45. The molecule has 0 bridgehead atoms. The fourth-order valence-electron chi connectivity index (χ4n) is 4.09. The summed E-state index contributed by atoms with van der Waals surface area (Å²) in [4.78, 5) is 2.76. The van der Waals surface area contributed by atoms with Crippen molar-refractivity contribution in [2.45, 2.75) is 57.4 Å². The van der Waals surface area contributed by atoms with Crippen LogP contribution >= 0.6 is 0 Å². The summed E-state index contributed by atoms with van der Waals surface area (Å²) in [6, 6.07) is 7.48. The molecule has 1 aliphatic carbocycles. The Morgan fingerprint density at radius 3 is 3.00 bits per heavy atom. The summed E-state index contributed by atoms with van der Waals surface area (Å²) in [7, 11) is 1.77. The Morgan fingerprint density at radius 2 is 2.20 bits per heavy atom. The summed E-state index contributed by atoms with van der Waals surface area (Å²) in [5.74, 6) is 1.76. The number of likely N-dealkylation sites (tertiary alicyclic amines) is 1. The number of piperidine rings is 1. The predicted octanol–water partition coefficient (Wildman–Crippen LogP) is 3.99. The zero-order chi connectivity index (χ0) is 13.9. The minimum Gasteiger partial charge on any atom is -0.497 e. The topological polar surface area (TPSA) is 12.5 Å². The van der Waals surface area contributed by atoms with Gasteiger partial charge in [-0.05, 0) is 74.4 Å². The Balaban J connectivity index is 1.84. The highest BCUT2D eigenvalue weighted by molar-refractivity contribution is 5.41. The molecule has 3 rings (SSSR count). The van der Waals surface area contributed by atoms with Gasteiger partial charge in [-0.25, -0.2) is 0 Å². The van der Waals surface area contributed by atoms with Gasteiger partial charge in [0.15, 0.2) is 0 Å². The average Bonchev–Trinajstić information content (AvgIpc) is 2.52. The van der Waals surface area contributed by atoms with E-state index in [0.717, 1.165) is 17.7 Å². The van der Waals surface area contributed by atoms with Crippen LogP contribution in [0.4, 0.5) is 0 Å². The molecule has 2 unspecified atom stereocenters. The number of rotatable bonds is 4. The van der Waals surface area contributed by atoms with Gasteiger partial charge in [-0.3, -0.25) is 4.90 Å². The van der Waals surface area contributed by atoms with E-state index in [-0.39, 0.29) is 0 Å². The van der Waals surface area contributed by atoms with E-state index in [4.69, 9.17) is 4.74 Å². The van der Waals surface area contributed by atoms with Crippen LogP contribution in [0.25, 0.3) is 0 Å². The molecule has 20 heavy (non-hydrogen) atoms. The minimum absolute atomic E-state index is 0.736. The fourth-order valence-corrected chi connectivity index (χ4v) is 4.09. The van der Waals surface area contributed by atoms with E-state index in [2.05, 4.69) is 30.0 Å². The smallest absolute Gasteiger partial charge is 0.119 e. The molecule has 110 valence electrons. The van der Waals surface area contributed by atoms with Crippen LogP contribution in [0.15, 0.2) is 18.2 Å². The molecule has 2 heteroatoms. The van der Waals surface area contributed by atoms with E-state index in [1.54, 1.807) is 18.2 Å². The Morgan fingerprint density at radius 1 is 1.30 bits per heavy atom. The van der Waals surface area contributed by atoms with Crippen molar-refractivity contribution in [3.63, 3.8) is 0 Å². The van der Waals surface area contributed by atoms with Gasteiger partial charge in [0.25, 0.3) is 0 Å². The lowest BCUT2D eigenvalue weighted by atomic mass is 9.74. The number of nitrogens with zero attached hydrogens (tertiary/aromatic N) is 1. The highest BCUT2D eigenvalue weighted by Gasteiger charge is 2.35. The first kappa shape index (κ1) is 13.9. The van der Waals surface area contributed by atoms with E-state index in [1.165, 1.54) is 51.6 Å². The van der Waals surface area contributed by atoms with Gasteiger partial charge in [-0.1, -0.05) is 19.4 Å². The average molecular weight is 273 g/mol. The Bertz CT molecular complexity index is 457. The molecule has 1 heterocycles. The molecule has 0 aromatic heterocycles. The van der Waals surface area contributed by atoms with Gasteiger partial charge < -0.3 is 4.74 Å². The van der Waals surface area contributed by atoms with Crippen LogP contribution in [0, 0.1) is 0 Å². The van der Waals surface area contributed by atoms with Crippen LogP contribution < -0.4 is 4.74 Å². The maximum Gasteiger partial charge on any atom is 0.119 e. The summed E-state index contributed by atoms with van der Waals surface area (Å²) < 4.78 is 5.44. The van der Waals surface area contributed by atoms with Crippen LogP contribution in [-0.2, 0) is 6.42 Å². The third-order valence-electron chi connectivity index (χ3n) is 5.15. The van der Waals surface area contributed by atoms with Gasteiger partial charge in [0.05, 0.1) is 7.11 Å². The fraction of sp³-hybridized carbons (Fsp3) is 0.667. The van der Waals surface area contributed by atoms with Gasteiger partial charge in [0.2, 0.25) is 0 Å². The van der Waals surface area contributed by atoms with Crippen LogP contribution in [0.2, 0.25) is 0 Å². The summed E-state index contributed by atoms with van der Waals surface area (Å²) in [5.41, 5.74) is 3.13. The summed E-state index contributed by atoms with van der Waals surface area (Å²) in [6.07, 6.45) is 7.93. The number of fused-ring (bicyclic) bond motifs is 3. The van der Waals surface area contributed by atoms with Crippen LogP contribution in [0.5, 0.6) is 5.75 Å². The third kappa shape index (κ3) is 2.58. The standard InChI is InChI=1S/C18H27NO/c1-3-4-11-19-12-5-6-16-17-13-15(20-2)9-7-14(17)8-10-18(16)19/h7,9,13,16,18H,3-6,8,10-12H2,1-2H3. The molecule has 1 aromatic rings. The van der Waals surface area contributed by atoms with E-state index in [9.17, 15) is 0 Å². The van der Waals surface area contributed by atoms with Gasteiger partial charge in [-0.15, -0.1) is 0 Å². The molecule has 2 aliphatic rings. The van der Waals surface area contributed by atoms with E-state index in [0.29, 0.717) is 0 Å². The first-order valence-corrected chi connectivity index (χ1v) is 8.24. The van der Waals surface area contributed by atoms with E-state index in [1.807, 2.05) is 0 Å². The van der Waals surface area contributed by atoms with Crippen LogP contribution in [0.1, 0.15) is 56.1 Å². The molecule has 1 aromatic carbocycles. The molecule has 0 spiro atoms. The lowest BCUT2D eigenvalue weighted by molar-refractivity contribution is 0.111. The number of hydrogen-bond donors (Lipinski definition) is 0. The van der Waals surface area contributed by atoms with Crippen molar-refractivity contribution in [1.29, 1.82) is 0 Å². The van der Waals surface area contributed by atoms with E-state index < -0.39 is 0 Å². The first-order valence-electron chi connectivity index (χ1n) is 8.24. The number of unbranched alkanes of at least 4 members (excludes halogenated alkanes) is 1. The second kappa shape index (κ2) is 6.17. The van der Waals surface area contributed by atoms with Gasteiger partial charge in [0.1, 0.15) is 5.75 Å². The van der Waals surface area contributed by atoms with Gasteiger partial charge in [-0.2, -0.15) is 0 Å². The highest BCUT2D eigenvalue weighted by Crippen LogP contribution is 2.41. The zero-order valence-electron chi connectivity index (χ0n) is 12.9.